The molecule has 0 radical (unpaired) electrons. The fourth-order valence-electron chi connectivity index (χ4n) is 3.19. The van der Waals surface area contributed by atoms with E-state index in [1.807, 2.05) is 0 Å². The van der Waals surface area contributed by atoms with Crippen molar-refractivity contribution in [2.75, 3.05) is 0 Å². The lowest BCUT2D eigenvalue weighted by Crippen LogP contribution is -2.14. The highest BCUT2D eigenvalue weighted by Gasteiger charge is 2.25. The summed E-state index contributed by atoms with van der Waals surface area (Å²) in [4.78, 5) is 4.69. The van der Waals surface area contributed by atoms with Gasteiger partial charge in [-0.05, 0) is 59.0 Å². The third-order valence-electron chi connectivity index (χ3n) is 4.37. The van der Waals surface area contributed by atoms with Gasteiger partial charge >= 0.3 is 0 Å². The normalized spacial score (nSPS) is 23.3. The van der Waals surface area contributed by atoms with Crippen LogP contribution in [0, 0.1) is 15.4 Å². The van der Waals surface area contributed by atoms with Gasteiger partial charge in [-0.1, -0.05) is 19.8 Å². The van der Waals surface area contributed by atoms with Gasteiger partial charge in [0.25, 0.3) is 0 Å². The van der Waals surface area contributed by atoms with Gasteiger partial charge in [0.2, 0.25) is 0 Å². The van der Waals surface area contributed by atoms with Crippen LogP contribution in [0.5, 0.6) is 0 Å². The van der Waals surface area contributed by atoms with E-state index in [0.717, 1.165) is 29.7 Å². The summed E-state index contributed by atoms with van der Waals surface area (Å²) >= 11 is 8.41. The van der Waals surface area contributed by atoms with Gasteiger partial charge in [0.1, 0.15) is 5.82 Å². The highest BCUT2D eigenvalue weighted by Crippen LogP contribution is 2.33. The van der Waals surface area contributed by atoms with Crippen LogP contribution in [0.25, 0.3) is 11.0 Å². The van der Waals surface area contributed by atoms with Crippen molar-refractivity contribution >= 4 is 45.2 Å². The molecule has 1 aromatic carbocycles. The summed E-state index contributed by atoms with van der Waals surface area (Å²) < 4.78 is 3.57. The highest BCUT2D eigenvalue weighted by atomic mass is 127. The van der Waals surface area contributed by atoms with Crippen molar-refractivity contribution in [2.45, 2.75) is 38.6 Å². The number of rotatable bonds is 3. The average Bonchev–Trinajstić information content (AvgIpc) is 2.94. The molecule has 102 valence electrons. The molecule has 2 atom stereocenters. The third kappa shape index (κ3) is 2.64. The van der Waals surface area contributed by atoms with Gasteiger partial charge in [-0.25, -0.2) is 4.98 Å². The highest BCUT2D eigenvalue weighted by molar-refractivity contribution is 14.1. The van der Waals surface area contributed by atoms with Crippen LogP contribution in [-0.4, -0.2) is 9.55 Å². The van der Waals surface area contributed by atoms with Gasteiger partial charge in [-0.15, -0.1) is 11.6 Å². The number of imidazole rings is 1. The van der Waals surface area contributed by atoms with E-state index in [9.17, 15) is 0 Å². The standard InChI is InChI=1S/C15H18ClIN2/c1-10-3-2-4-11(10)9-19-14-6-5-12(17)7-13(14)18-15(19)8-16/h5-7,10-11H,2-4,8-9H2,1H3. The molecule has 1 aliphatic carbocycles. The summed E-state index contributed by atoms with van der Waals surface area (Å²) in [6.07, 6.45) is 4.07. The van der Waals surface area contributed by atoms with Crippen LogP contribution in [0.4, 0.5) is 0 Å². The Labute approximate surface area is 132 Å². The molecule has 1 aliphatic rings. The number of aromatic nitrogens is 2. The maximum absolute atomic E-state index is 6.08. The lowest BCUT2D eigenvalue weighted by Gasteiger charge is -2.18. The quantitative estimate of drug-likeness (QED) is 0.545. The van der Waals surface area contributed by atoms with E-state index in [4.69, 9.17) is 11.6 Å². The molecule has 3 rings (SSSR count). The summed E-state index contributed by atoms with van der Waals surface area (Å²) in [6, 6.07) is 6.47. The van der Waals surface area contributed by atoms with Crippen molar-refractivity contribution in [1.29, 1.82) is 0 Å². The smallest absolute Gasteiger partial charge is 0.124 e. The van der Waals surface area contributed by atoms with E-state index in [0.29, 0.717) is 5.88 Å². The Hall–Kier alpha value is -0.290. The number of benzene rings is 1. The zero-order valence-electron chi connectivity index (χ0n) is 11.1. The Bertz CT molecular complexity index is 593. The molecule has 2 aromatic rings. The number of hydrogen-bond acceptors (Lipinski definition) is 1. The molecule has 0 aliphatic heterocycles. The fraction of sp³-hybridized carbons (Fsp3) is 0.533. The number of halogens is 2. The first-order valence-corrected chi connectivity index (χ1v) is 8.51. The van der Waals surface area contributed by atoms with Crippen molar-refractivity contribution < 1.29 is 0 Å². The van der Waals surface area contributed by atoms with E-state index in [1.54, 1.807) is 0 Å². The molecule has 1 heterocycles. The van der Waals surface area contributed by atoms with Crippen molar-refractivity contribution in [2.24, 2.45) is 11.8 Å². The molecule has 1 aromatic heterocycles. The molecule has 0 spiro atoms. The second-order valence-electron chi connectivity index (χ2n) is 5.57. The van der Waals surface area contributed by atoms with Crippen LogP contribution in [0.3, 0.4) is 0 Å². The SMILES string of the molecule is CC1CCCC1Cn1c(CCl)nc2cc(I)ccc21. The Morgan fingerprint density at radius 2 is 2.26 bits per heavy atom. The summed E-state index contributed by atoms with van der Waals surface area (Å²) in [5.41, 5.74) is 2.31. The zero-order chi connectivity index (χ0) is 13.4. The molecule has 4 heteroatoms. The van der Waals surface area contributed by atoms with Crippen molar-refractivity contribution in [3.05, 3.63) is 27.6 Å². The molecular formula is C15H18ClIN2. The second-order valence-corrected chi connectivity index (χ2v) is 7.09. The van der Waals surface area contributed by atoms with Gasteiger partial charge in [0, 0.05) is 10.1 Å². The molecule has 0 bridgehead atoms. The Kier molecular flexibility index (Phi) is 4.03. The van der Waals surface area contributed by atoms with E-state index < -0.39 is 0 Å². The van der Waals surface area contributed by atoms with Gasteiger partial charge in [-0.2, -0.15) is 0 Å². The molecule has 0 saturated heterocycles. The number of hydrogen-bond donors (Lipinski definition) is 0. The number of nitrogens with zero attached hydrogens (tertiary/aromatic N) is 2. The lowest BCUT2D eigenvalue weighted by molar-refractivity contribution is 0.364. The van der Waals surface area contributed by atoms with Crippen molar-refractivity contribution in [3.63, 3.8) is 0 Å². The largest absolute Gasteiger partial charge is 0.327 e. The van der Waals surface area contributed by atoms with Crippen molar-refractivity contribution in [3.8, 4) is 0 Å². The van der Waals surface area contributed by atoms with Crippen molar-refractivity contribution in [1.82, 2.24) is 9.55 Å². The zero-order valence-corrected chi connectivity index (χ0v) is 14.0. The van der Waals surface area contributed by atoms with E-state index in [1.165, 1.54) is 28.3 Å². The maximum Gasteiger partial charge on any atom is 0.124 e. The molecular weight excluding hydrogens is 371 g/mol. The molecule has 0 amide bonds. The predicted octanol–water partition coefficient (Wildman–Crippen LogP) is 4.82. The fourth-order valence-corrected chi connectivity index (χ4v) is 3.87. The minimum atomic E-state index is 0.492. The Morgan fingerprint density at radius 1 is 1.42 bits per heavy atom. The topological polar surface area (TPSA) is 17.8 Å². The van der Waals surface area contributed by atoms with E-state index in [-0.39, 0.29) is 0 Å². The van der Waals surface area contributed by atoms with Gasteiger partial charge in [0.15, 0.2) is 0 Å². The molecule has 19 heavy (non-hydrogen) atoms. The average molecular weight is 389 g/mol. The van der Waals surface area contributed by atoms with Crippen LogP contribution in [0.15, 0.2) is 18.2 Å². The van der Waals surface area contributed by atoms with Gasteiger partial charge in [-0.3, -0.25) is 0 Å². The van der Waals surface area contributed by atoms with Crippen LogP contribution in [0.1, 0.15) is 32.0 Å². The van der Waals surface area contributed by atoms with E-state index in [2.05, 4.69) is 57.3 Å². The maximum atomic E-state index is 6.08. The van der Waals surface area contributed by atoms with Crippen LogP contribution < -0.4 is 0 Å². The van der Waals surface area contributed by atoms with Gasteiger partial charge < -0.3 is 4.57 Å². The summed E-state index contributed by atoms with van der Waals surface area (Å²) in [6.45, 7) is 3.44. The first kappa shape index (κ1) is 13.7. The lowest BCUT2D eigenvalue weighted by atomic mass is 9.98. The second kappa shape index (κ2) is 5.60. The van der Waals surface area contributed by atoms with Crippen LogP contribution >= 0.6 is 34.2 Å². The molecule has 2 unspecified atom stereocenters. The first-order chi connectivity index (χ1) is 9.19. The Morgan fingerprint density at radius 3 is 2.95 bits per heavy atom. The molecule has 1 fully saturated rings. The summed E-state index contributed by atoms with van der Waals surface area (Å²) in [5.74, 6) is 3.10. The summed E-state index contributed by atoms with van der Waals surface area (Å²) in [7, 11) is 0. The first-order valence-electron chi connectivity index (χ1n) is 6.89. The van der Waals surface area contributed by atoms with Gasteiger partial charge in [0.05, 0.1) is 16.9 Å². The predicted molar refractivity (Wildman–Crippen MR) is 88.5 cm³/mol. The van der Waals surface area contributed by atoms with E-state index >= 15 is 0 Å². The molecule has 1 saturated carbocycles. The van der Waals surface area contributed by atoms with Crippen LogP contribution in [0.2, 0.25) is 0 Å². The molecule has 2 nitrogen and oxygen atoms in total. The molecule has 0 N–H and O–H groups in total. The van der Waals surface area contributed by atoms with Crippen LogP contribution in [-0.2, 0) is 12.4 Å². The monoisotopic (exact) mass is 388 g/mol. The minimum absolute atomic E-state index is 0.492. The number of fused-ring (bicyclic) bond motifs is 1. The summed E-state index contributed by atoms with van der Waals surface area (Å²) in [5, 5.41) is 0. The third-order valence-corrected chi connectivity index (χ3v) is 5.28. The minimum Gasteiger partial charge on any atom is -0.327 e. The Balaban J connectivity index is 2.00. The number of alkyl halides is 1.